The number of amides is 1. The first kappa shape index (κ1) is 18.6. The van der Waals surface area contributed by atoms with Gasteiger partial charge >= 0.3 is 0 Å². The average Bonchev–Trinajstić information content (AvgIpc) is 2.77. The van der Waals surface area contributed by atoms with Crippen LogP contribution in [0.15, 0.2) is 72.9 Å². The van der Waals surface area contributed by atoms with E-state index < -0.39 is 0 Å². The zero-order valence-corrected chi connectivity index (χ0v) is 16.3. The van der Waals surface area contributed by atoms with Gasteiger partial charge in [-0.25, -0.2) is 4.98 Å². The number of nitrogens with one attached hydrogen (secondary N) is 1. The van der Waals surface area contributed by atoms with Gasteiger partial charge in [-0.2, -0.15) is 0 Å². The van der Waals surface area contributed by atoms with E-state index in [1.165, 1.54) is 0 Å². The minimum atomic E-state index is -0.150. The first-order valence-corrected chi connectivity index (χ1v) is 9.38. The molecule has 1 N–H and O–H groups in total. The number of aromatic nitrogens is 2. The molecule has 5 nitrogen and oxygen atoms in total. The third-order valence-electron chi connectivity index (χ3n) is 4.75. The van der Waals surface area contributed by atoms with Gasteiger partial charge in [0, 0.05) is 17.1 Å². The number of aryl methyl sites for hydroxylation is 1. The van der Waals surface area contributed by atoms with Crippen molar-refractivity contribution in [3.05, 3.63) is 89.7 Å². The molecule has 29 heavy (non-hydrogen) atoms. The quantitative estimate of drug-likeness (QED) is 0.549. The van der Waals surface area contributed by atoms with Crippen molar-refractivity contribution in [2.24, 2.45) is 0 Å². The van der Waals surface area contributed by atoms with E-state index in [4.69, 9.17) is 9.72 Å². The van der Waals surface area contributed by atoms with Gasteiger partial charge in [-0.1, -0.05) is 17.7 Å². The normalized spacial score (nSPS) is 10.7. The van der Waals surface area contributed by atoms with E-state index in [0.717, 1.165) is 39.2 Å². The Morgan fingerprint density at radius 2 is 1.86 bits per heavy atom. The van der Waals surface area contributed by atoms with Crippen LogP contribution in [-0.4, -0.2) is 23.0 Å². The molecule has 4 rings (SSSR count). The zero-order chi connectivity index (χ0) is 20.2. The number of hydrogen-bond donors (Lipinski definition) is 1. The summed E-state index contributed by atoms with van der Waals surface area (Å²) in [5, 5.41) is 3.81. The Labute approximate surface area is 169 Å². The van der Waals surface area contributed by atoms with Crippen molar-refractivity contribution in [1.29, 1.82) is 0 Å². The minimum absolute atomic E-state index is 0.150. The zero-order valence-electron chi connectivity index (χ0n) is 16.3. The molecule has 0 saturated heterocycles. The van der Waals surface area contributed by atoms with Crippen LogP contribution in [0.4, 0.5) is 0 Å². The molecule has 2 aromatic carbocycles. The maximum absolute atomic E-state index is 13.0. The van der Waals surface area contributed by atoms with Gasteiger partial charge in [0.25, 0.3) is 5.91 Å². The Kier molecular flexibility index (Phi) is 5.20. The van der Waals surface area contributed by atoms with Crippen LogP contribution in [0.2, 0.25) is 0 Å². The lowest BCUT2D eigenvalue weighted by molar-refractivity contribution is 0.0952. The molecule has 0 bridgehead atoms. The first-order chi connectivity index (χ1) is 14.1. The van der Waals surface area contributed by atoms with E-state index in [0.29, 0.717) is 12.1 Å². The Hall–Kier alpha value is -3.73. The van der Waals surface area contributed by atoms with Crippen molar-refractivity contribution in [3.63, 3.8) is 0 Å². The van der Waals surface area contributed by atoms with Gasteiger partial charge in [-0.15, -0.1) is 0 Å². The van der Waals surface area contributed by atoms with Crippen molar-refractivity contribution in [2.75, 3.05) is 7.11 Å². The number of carbonyl (C=O) groups is 1. The highest BCUT2D eigenvalue weighted by Crippen LogP contribution is 2.27. The molecule has 0 spiro atoms. The Bertz CT molecular complexity index is 1160. The van der Waals surface area contributed by atoms with Crippen LogP contribution in [-0.2, 0) is 6.54 Å². The van der Waals surface area contributed by atoms with Gasteiger partial charge in [0.1, 0.15) is 5.75 Å². The van der Waals surface area contributed by atoms with Gasteiger partial charge in [0.05, 0.1) is 36.1 Å². The van der Waals surface area contributed by atoms with Crippen LogP contribution < -0.4 is 10.1 Å². The molecule has 0 aliphatic carbocycles. The Balaban J connectivity index is 1.73. The molecular weight excluding hydrogens is 362 g/mol. The van der Waals surface area contributed by atoms with Gasteiger partial charge in [0.2, 0.25) is 0 Å². The number of fused-ring (bicyclic) bond motifs is 1. The summed E-state index contributed by atoms with van der Waals surface area (Å²) in [5.41, 5.74) is 4.94. The highest BCUT2D eigenvalue weighted by Gasteiger charge is 2.14. The van der Waals surface area contributed by atoms with Crippen LogP contribution in [0.25, 0.3) is 22.2 Å². The van der Waals surface area contributed by atoms with E-state index >= 15 is 0 Å². The lowest BCUT2D eigenvalue weighted by Crippen LogP contribution is -2.23. The smallest absolute Gasteiger partial charge is 0.252 e. The van der Waals surface area contributed by atoms with E-state index in [9.17, 15) is 4.79 Å². The molecule has 144 valence electrons. The predicted octanol–water partition coefficient (Wildman–Crippen LogP) is 4.54. The fraction of sp³-hybridized carbons (Fsp3) is 0.125. The molecule has 4 aromatic rings. The number of pyridine rings is 2. The monoisotopic (exact) mass is 383 g/mol. The molecule has 0 unspecified atom stereocenters. The summed E-state index contributed by atoms with van der Waals surface area (Å²) in [6.07, 6.45) is 1.72. The third kappa shape index (κ3) is 4.09. The lowest BCUT2D eigenvalue weighted by Gasteiger charge is -2.11. The number of ether oxygens (including phenoxy) is 1. The number of nitrogens with zero attached hydrogens (tertiary/aromatic N) is 2. The molecular formula is C24H21N3O2. The summed E-state index contributed by atoms with van der Waals surface area (Å²) in [4.78, 5) is 22.1. The lowest BCUT2D eigenvalue weighted by atomic mass is 10.0. The molecule has 0 saturated carbocycles. The number of rotatable bonds is 5. The largest absolute Gasteiger partial charge is 0.497 e. The molecule has 1 amide bonds. The summed E-state index contributed by atoms with van der Waals surface area (Å²) in [6, 6.07) is 21.1. The molecule has 0 aliphatic rings. The molecule has 2 heterocycles. The van der Waals surface area contributed by atoms with Crippen molar-refractivity contribution in [1.82, 2.24) is 15.3 Å². The van der Waals surface area contributed by atoms with Gasteiger partial charge in [-0.3, -0.25) is 9.78 Å². The van der Waals surface area contributed by atoms with Crippen LogP contribution >= 0.6 is 0 Å². The summed E-state index contributed by atoms with van der Waals surface area (Å²) >= 11 is 0. The highest BCUT2D eigenvalue weighted by atomic mass is 16.5. The second-order valence-corrected chi connectivity index (χ2v) is 6.81. The molecule has 0 fully saturated rings. The van der Waals surface area contributed by atoms with Crippen LogP contribution in [0.3, 0.4) is 0 Å². The SMILES string of the molecule is COc1ccc(-c2cc(C(=O)NCc3ccccn3)c3cc(C)ccc3n2)cc1. The van der Waals surface area contributed by atoms with Crippen LogP contribution in [0.5, 0.6) is 5.75 Å². The van der Waals surface area contributed by atoms with Gasteiger partial charge < -0.3 is 10.1 Å². The number of benzene rings is 2. The summed E-state index contributed by atoms with van der Waals surface area (Å²) < 4.78 is 5.23. The summed E-state index contributed by atoms with van der Waals surface area (Å²) in [5.74, 6) is 0.627. The maximum atomic E-state index is 13.0. The van der Waals surface area contributed by atoms with Crippen molar-refractivity contribution >= 4 is 16.8 Å². The number of hydrogen-bond acceptors (Lipinski definition) is 4. The predicted molar refractivity (Wildman–Crippen MR) is 114 cm³/mol. The van der Waals surface area contributed by atoms with E-state index in [1.54, 1.807) is 13.3 Å². The second-order valence-electron chi connectivity index (χ2n) is 6.81. The topological polar surface area (TPSA) is 64.1 Å². The van der Waals surface area contributed by atoms with Crippen LogP contribution in [0.1, 0.15) is 21.6 Å². The third-order valence-corrected chi connectivity index (χ3v) is 4.75. The van der Waals surface area contributed by atoms with Crippen molar-refractivity contribution in [2.45, 2.75) is 13.5 Å². The van der Waals surface area contributed by atoms with E-state index in [-0.39, 0.29) is 5.91 Å². The van der Waals surface area contributed by atoms with Crippen molar-refractivity contribution < 1.29 is 9.53 Å². The summed E-state index contributed by atoms with van der Waals surface area (Å²) in [7, 11) is 1.63. The Morgan fingerprint density at radius 1 is 1.03 bits per heavy atom. The molecule has 0 atom stereocenters. The minimum Gasteiger partial charge on any atom is -0.497 e. The number of carbonyl (C=O) groups excluding carboxylic acids is 1. The van der Waals surface area contributed by atoms with Gasteiger partial charge in [-0.05, 0) is 61.5 Å². The summed E-state index contributed by atoms with van der Waals surface area (Å²) in [6.45, 7) is 2.37. The molecule has 0 radical (unpaired) electrons. The van der Waals surface area contributed by atoms with E-state index in [1.807, 2.05) is 73.7 Å². The molecule has 2 aromatic heterocycles. The van der Waals surface area contributed by atoms with E-state index in [2.05, 4.69) is 10.3 Å². The standard InChI is InChI=1S/C24H21N3O2/c1-16-6-11-22-20(13-16)21(24(28)26-15-18-5-3-4-12-25-18)14-23(27-22)17-7-9-19(29-2)10-8-17/h3-14H,15H2,1-2H3,(H,26,28). The molecule has 0 aliphatic heterocycles. The van der Waals surface area contributed by atoms with Crippen LogP contribution in [0, 0.1) is 6.92 Å². The first-order valence-electron chi connectivity index (χ1n) is 9.38. The maximum Gasteiger partial charge on any atom is 0.252 e. The van der Waals surface area contributed by atoms with Gasteiger partial charge in [0.15, 0.2) is 0 Å². The molecule has 5 heteroatoms. The fourth-order valence-corrected chi connectivity index (χ4v) is 3.21. The Morgan fingerprint density at radius 3 is 2.59 bits per heavy atom. The highest BCUT2D eigenvalue weighted by molar-refractivity contribution is 6.07. The average molecular weight is 383 g/mol. The van der Waals surface area contributed by atoms with Crippen molar-refractivity contribution in [3.8, 4) is 17.0 Å². The fourth-order valence-electron chi connectivity index (χ4n) is 3.21. The second kappa shape index (κ2) is 8.10. The number of methoxy groups -OCH3 is 1.